The maximum absolute atomic E-state index is 16.0. The number of alkyl carbamates (subject to hydrolysis) is 1. The zero-order chi connectivity index (χ0) is 36.5. The minimum Gasteiger partial charge on any atom is -0.444 e. The van der Waals surface area contributed by atoms with Crippen LogP contribution < -0.4 is 10.2 Å². The summed E-state index contributed by atoms with van der Waals surface area (Å²) in [6.07, 6.45) is -6.97. The molecule has 2 heterocycles. The normalized spacial score (nSPS) is 13.1. The molecule has 0 aliphatic carbocycles. The molecule has 2 aromatic heterocycles. The number of alkyl halides is 5. The van der Waals surface area contributed by atoms with E-state index in [0.29, 0.717) is 11.6 Å². The molecule has 0 fully saturated rings. The number of H-pyrrole nitrogens is 1. The smallest absolute Gasteiger partial charge is 0.444 e. The standard InChI is InChI=1S/C31H32F6N8O4/c1-28(2,3)49-27(47)39-18(15-46)13-30(33,34)21-12-22(32)20(24-40-42-26(48-24)29(4,5)16-38)11-23(21)44(6)14-17-7-9-19(10-8-17)45-25(41-43-45)31(35,36)37/h7-12,15,18,43H,13-14H2,1-6H3,(H,39,47). The van der Waals surface area contributed by atoms with Crippen LogP contribution in [0.25, 0.3) is 17.1 Å². The molecule has 1 atom stereocenters. The molecule has 0 aliphatic heterocycles. The Balaban J connectivity index is 1.71. The molecule has 0 saturated carbocycles. The van der Waals surface area contributed by atoms with Crippen LogP contribution in [0.1, 0.15) is 63.9 Å². The lowest BCUT2D eigenvalue weighted by molar-refractivity contribution is -0.152. The molecule has 0 aliphatic rings. The number of aromatic amines is 1. The number of carbonyl (C=O) groups is 2. The predicted octanol–water partition coefficient (Wildman–Crippen LogP) is 6.42. The van der Waals surface area contributed by atoms with E-state index < -0.39 is 64.8 Å². The van der Waals surface area contributed by atoms with Gasteiger partial charge in [0, 0.05) is 31.3 Å². The van der Waals surface area contributed by atoms with Crippen LogP contribution in [0.15, 0.2) is 40.8 Å². The van der Waals surface area contributed by atoms with Crippen molar-refractivity contribution in [2.75, 3.05) is 11.9 Å². The number of carbonyl (C=O) groups excluding carboxylic acids is 2. The quantitative estimate of drug-likeness (QED) is 0.134. The van der Waals surface area contributed by atoms with Crippen molar-refractivity contribution < 1.29 is 45.1 Å². The molecule has 0 saturated heterocycles. The van der Waals surface area contributed by atoms with Crippen LogP contribution in [0.5, 0.6) is 0 Å². The molecule has 1 amide bonds. The van der Waals surface area contributed by atoms with Crippen molar-refractivity contribution in [3.8, 4) is 23.2 Å². The second-order valence-electron chi connectivity index (χ2n) is 12.7. The van der Waals surface area contributed by atoms with E-state index in [2.05, 4.69) is 25.8 Å². The van der Waals surface area contributed by atoms with Crippen molar-refractivity contribution >= 4 is 18.1 Å². The number of nitrogens with zero attached hydrogens (tertiary/aromatic N) is 6. The van der Waals surface area contributed by atoms with Gasteiger partial charge in [-0.2, -0.15) is 18.4 Å². The molecular weight excluding hydrogens is 662 g/mol. The molecule has 4 rings (SSSR count). The van der Waals surface area contributed by atoms with Gasteiger partial charge in [0.15, 0.2) is 0 Å². The third-order valence-electron chi connectivity index (χ3n) is 7.04. The fourth-order valence-electron chi connectivity index (χ4n) is 4.57. The average Bonchev–Trinajstić information content (AvgIpc) is 3.46. The van der Waals surface area contributed by atoms with Crippen LogP contribution in [0.2, 0.25) is 0 Å². The zero-order valence-corrected chi connectivity index (χ0v) is 27.1. The van der Waals surface area contributed by atoms with Gasteiger partial charge in [-0.1, -0.05) is 12.1 Å². The Kier molecular flexibility index (Phi) is 9.89. The maximum atomic E-state index is 16.0. The Morgan fingerprint density at radius 2 is 1.78 bits per heavy atom. The summed E-state index contributed by atoms with van der Waals surface area (Å²) in [5, 5.41) is 24.4. The Morgan fingerprint density at radius 3 is 2.31 bits per heavy atom. The lowest BCUT2D eigenvalue weighted by Crippen LogP contribution is -2.42. The van der Waals surface area contributed by atoms with Gasteiger partial charge in [-0.3, -0.25) is 0 Å². The number of nitrogens with one attached hydrogen (secondary N) is 2. The topological polar surface area (TPSA) is 155 Å². The van der Waals surface area contributed by atoms with Crippen LogP contribution in [0.3, 0.4) is 0 Å². The molecule has 0 radical (unpaired) electrons. The highest BCUT2D eigenvalue weighted by Crippen LogP contribution is 2.42. The summed E-state index contributed by atoms with van der Waals surface area (Å²) in [6, 6.07) is 7.46. The van der Waals surface area contributed by atoms with Crippen LogP contribution in [-0.2, 0) is 33.6 Å². The molecule has 12 nitrogen and oxygen atoms in total. The highest BCUT2D eigenvalue weighted by molar-refractivity contribution is 5.74. The van der Waals surface area contributed by atoms with Gasteiger partial charge in [0.2, 0.25) is 5.89 Å². The third-order valence-corrected chi connectivity index (χ3v) is 7.04. The second kappa shape index (κ2) is 13.3. The van der Waals surface area contributed by atoms with E-state index >= 15 is 13.2 Å². The summed E-state index contributed by atoms with van der Waals surface area (Å²) in [4.78, 5) is 25.3. The van der Waals surface area contributed by atoms with E-state index in [4.69, 9.17) is 9.15 Å². The first kappa shape index (κ1) is 36.5. The van der Waals surface area contributed by atoms with Crippen molar-refractivity contribution in [1.29, 1.82) is 5.26 Å². The fourth-order valence-corrected chi connectivity index (χ4v) is 4.57. The second-order valence-corrected chi connectivity index (χ2v) is 12.7. The van der Waals surface area contributed by atoms with E-state index in [-0.39, 0.29) is 35.7 Å². The van der Waals surface area contributed by atoms with Gasteiger partial charge >= 0.3 is 12.3 Å². The van der Waals surface area contributed by atoms with Gasteiger partial charge < -0.3 is 24.2 Å². The Labute approximate surface area is 276 Å². The monoisotopic (exact) mass is 694 g/mol. The summed E-state index contributed by atoms with van der Waals surface area (Å²) in [5.74, 6) is -6.81. The number of nitriles is 1. The Bertz CT molecular complexity index is 1850. The fraction of sp³-hybridized carbons (Fsp3) is 0.419. The van der Waals surface area contributed by atoms with E-state index in [1.54, 1.807) is 20.8 Å². The van der Waals surface area contributed by atoms with Crippen molar-refractivity contribution in [3.05, 3.63) is 65.1 Å². The van der Waals surface area contributed by atoms with Crippen LogP contribution in [0.4, 0.5) is 36.8 Å². The summed E-state index contributed by atoms with van der Waals surface area (Å²) in [6.45, 7) is 7.49. The maximum Gasteiger partial charge on any atom is 0.453 e. The van der Waals surface area contributed by atoms with E-state index in [0.717, 1.165) is 10.7 Å². The number of benzene rings is 2. The zero-order valence-electron chi connectivity index (χ0n) is 27.1. The van der Waals surface area contributed by atoms with Crippen LogP contribution in [0, 0.1) is 17.1 Å². The van der Waals surface area contributed by atoms with Crippen molar-refractivity contribution in [3.63, 3.8) is 0 Å². The summed E-state index contributed by atoms with van der Waals surface area (Å²) < 4.78 is 98.3. The first-order chi connectivity index (χ1) is 22.6. The number of halogens is 6. The first-order valence-electron chi connectivity index (χ1n) is 14.6. The van der Waals surface area contributed by atoms with Gasteiger partial charge in [-0.05, 0) is 64.4 Å². The van der Waals surface area contributed by atoms with Gasteiger partial charge in [0.1, 0.15) is 23.1 Å². The molecular formula is C31H32F6N8O4. The number of hydrogen-bond acceptors (Lipinski definition) is 9. The largest absolute Gasteiger partial charge is 0.453 e. The molecule has 49 heavy (non-hydrogen) atoms. The molecule has 2 N–H and O–H groups in total. The lowest BCUT2D eigenvalue weighted by Gasteiger charge is -2.29. The van der Waals surface area contributed by atoms with Gasteiger partial charge in [0.05, 0.1) is 23.4 Å². The molecule has 1 unspecified atom stereocenters. The summed E-state index contributed by atoms with van der Waals surface area (Å²) in [5.41, 5.74) is -3.14. The number of amides is 1. The molecule has 262 valence electrons. The minimum absolute atomic E-state index is 0.103. The van der Waals surface area contributed by atoms with Crippen LogP contribution >= 0.6 is 0 Å². The van der Waals surface area contributed by atoms with Crippen LogP contribution in [-0.4, -0.2) is 56.3 Å². The number of aromatic nitrogens is 5. The summed E-state index contributed by atoms with van der Waals surface area (Å²) >= 11 is 0. The summed E-state index contributed by atoms with van der Waals surface area (Å²) in [7, 11) is 1.41. The molecule has 18 heteroatoms. The number of anilines is 1. The van der Waals surface area contributed by atoms with E-state index in [1.807, 2.05) is 6.07 Å². The molecule has 2 aromatic carbocycles. The van der Waals surface area contributed by atoms with E-state index in [1.165, 1.54) is 50.1 Å². The number of hydrogen-bond donors (Lipinski definition) is 2. The molecule has 0 spiro atoms. The average molecular weight is 695 g/mol. The molecule has 4 aromatic rings. The number of ether oxygens (including phenoxy) is 1. The molecule has 0 bridgehead atoms. The number of aldehydes is 1. The Hall–Kier alpha value is -5.34. The van der Waals surface area contributed by atoms with Gasteiger partial charge in [-0.15, -0.1) is 15.3 Å². The number of rotatable bonds is 11. The highest BCUT2D eigenvalue weighted by Gasteiger charge is 2.41. The van der Waals surface area contributed by atoms with Gasteiger partial charge in [-0.25, -0.2) is 27.9 Å². The van der Waals surface area contributed by atoms with Crippen molar-refractivity contribution in [1.82, 2.24) is 30.5 Å². The SMILES string of the molecule is CN(Cc1ccc(-n2[nH]nc2C(F)(F)F)cc1)c1cc(-c2nnc(C(C)(C)C#N)o2)c(F)cc1C(F)(F)CC(C=O)NC(=O)OC(C)(C)C. The van der Waals surface area contributed by atoms with E-state index in [9.17, 15) is 28.0 Å². The Morgan fingerprint density at radius 1 is 1.12 bits per heavy atom. The first-order valence-corrected chi connectivity index (χ1v) is 14.6. The van der Waals surface area contributed by atoms with Crippen molar-refractivity contribution in [2.45, 2.75) is 76.7 Å². The lowest BCUT2D eigenvalue weighted by atomic mass is 9.96. The van der Waals surface area contributed by atoms with Crippen molar-refractivity contribution in [2.24, 2.45) is 0 Å². The third kappa shape index (κ3) is 8.39. The minimum atomic E-state index is -4.69. The highest BCUT2D eigenvalue weighted by atomic mass is 19.4. The predicted molar refractivity (Wildman–Crippen MR) is 161 cm³/mol. The van der Waals surface area contributed by atoms with Gasteiger partial charge in [0.25, 0.3) is 17.6 Å².